The Bertz CT molecular complexity index is 822. The first kappa shape index (κ1) is 18.2. The van der Waals surface area contributed by atoms with Crippen LogP contribution in [0, 0.1) is 23.2 Å². The van der Waals surface area contributed by atoms with Crippen molar-refractivity contribution in [2.24, 2.45) is 23.2 Å². The standard InChI is InChI=1S/C23H28N2O2S/c1-27-19-4-2-18(3-5-19)20-14-28-21(25-20)6-7-24-22(26)23-11-15-8-16(12-23)10-17(9-15)13-23/h2-5,14-17H,6-13H2,1H3,(H,24,26). The highest BCUT2D eigenvalue weighted by molar-refractivity contribution is 7.09. The van der Waals surface area contributed by atoms with Gasteiger partial charge in [0.2, 0.25) is 5.91 Å². The molecular formula is C23H28N2O2S. The molecule has 1 amide bonds. The lowest BCUT2D eigenvalue weighted by molar-refractivity contribution is -0.146. The number of carbonyl (C=O) groups is 1. The summed E-state index contributed by atoms with van der Waals surface area (Å²) in [5, 5.41) is 6.44. The van der Waals surface area contributed by atoms with E-state index in [0.29, 0.717) is 12.5 Å². The minimum atomic E-state index is -0.0497. The van der Waals surface area contributed by atoms with Crippen LogP contribution in [0.25, 0.3) is 11.3 Å². The lowest BCUT2D eigenvalue weighted by Gasteiger charge is -2.55. The van der Waals surface area contributed by atoms with Gasteiger partial charge in [-0.3, -0.25) is 4.79 Å². The fourth-order valence-corrected chi connectivity index (χ4v) is 6.99. The van der Waals surface area contributed by atoms with E-state index in [1.54, 1.807) is 18.4 Å². The van der Waals surface area contributed by atoms with Crippen LogP contribution in [-0.4, -0.2) is 24.5 Å². The summed E-state index contributed by atoms with van der Waals surface area (Å²) in [6.45, 7) is 0.691. The molecule has 148 valence electrons. The van der Waals surface area contributed by atoms with Crippen LogP contribution in [0.5, 0.6) is 5.75 Å². The van der Waals surface area contributed by atoms with Crippen LogP contribution in [0.3, 0.4) is 0 Å². The van der Waals surface area contributed by atoms with E-state index in [2.05, 4.69) is 10.7 Å². The molecule has 4 aliphatic carbocycles. The Morgan fingerprint density at radius 2 is 1.79 bits per heavy atom. The van der Waals surface area contributed by atoms with E-state index >= 15 is 0 Å². The van der Waals surface area contributed by atoms with Gasteiger partial charge in [0.1, 0.15) is 5.75 Å². The first-order valence-electron chi connectivity index (χ1n) is 10.5. The van der Waals surface area contributed by atoms with Crippen molar-refractivity contribution in [3.05, 3.63) is 34.7 Å². The molecule has 0 unspecified atom stereocenters. The van der Waals surface area contributed by atoms with E-state index in [-0.39, 0.29) is 5.41 Å². The number of rotatable bonds is 6. The van der Waals surface area contributed by atoms with E-state index in [1.807, 2.05) is 24.3 Å². The molecule has 0 saturated heterocycles. The molecule has 0 spiro atoms. The zero-order chi connectivity index (χ0) is 19.1. The van der Waals surface area contributed by atoms with Crippen molar-refractivity contribution >= 4 is 17.2 Å². The van der Waals surface area contributed by atoms with Crippen LogP contribution in [-0.2, 0) is 11.2 Å². The summed E-state index contributed by atoms with van der Waals surface area (Å²) in [7, 11) is 1.67. The molecule has 5 heteroatoms. The summed E-state index contributed by atoms with van der Waals surface area (Å²) in [4.78, 5) is 17.8. The maximum absolute atomic E-state index is 13.0. The fraction of sp³-hybridized carbons (Fsp3) is 0.565. The van der Waals surface area contributed by atoms with E-state index in [0.717, 1.165) is 65.5 Å². The van der Waals surface area contributed by atoms with Crippen molar-refractivity contribution in [1.82, 2.24) is 10.3 Å². The molecule has 28 heavy (non-hydrogen) atoms. The van der Waals surface area contributed by atoms with Gasteiger partial charge in [0.15, 0.2) is 0 Å². The molecule has 4 fully saturated rings. The van der Waals surface area contributed by atoms with Gasteiger partial charge in [-0.2, -0.15) is 0 Å². The third-order valence-corrected chi connectivity index (χ3v) is 7.99. The summed E-state index contributed by atoms with van der Waals surface area (Å²) in [5.74, 6) is 3.60. The second-order valence-corrected chi connectivity index (χ2v) is 10.0. The van der Waals surface area contributed by atoms with Gasteiger partial charge in [0, 0.05) is 29.3 Å². The second-order valence-electron chi connectivity index (χ2n) is 9.06. The molecule has 1 N–H and O–H groups in total. The van der Waals surface area contributed by atoms with Gasteiger partial charge in [0.25, 0.3) is 0 Å². The first-order valence-corrected chi connectivity index (χ1v) is 11.4. The van der Waals surface area contributed by atoms with Gasteiger partial charge in [0.05, 0.1) is 17.8 Å². The molecule has 0 radical (unpaired) electrons. The first-order chi connectivity index (χ1) is 13.6. The molecule has 4 saturated carbocycles. The number of benzene rings is 1. The summed E-state index contributed by atoms with van der Waals surface area (Å²) < 4.78 is 5.22. The largest absolute Gasteiger partial charge is 0.497 e. The Morgan fingerprint density at radius 3 is 2.39 bits per heavy atom. The molecule has 4 aliphatic rings. The average molecular weight is 397 g/mol. The Balaban J connectivity index is 1.17. The van der Waals surface area contributed by atoms with Crippen LogP contribution in [0.15, 0.2) is 29.6 Å². The molecule has 4 nitrogen and oxygen atoms in total. The summed E-state index contributed by atoms with van der Waals surface area (Å²) in [5.41, 5.74) is 2.04. The summed E-state index contributed by atoms with van der Waals surface area (Å²) >= 11 is 1.67. The van der Waals surface area contributed by atoms with Gasteiger partial charge < -0.3 is 10.1 Å². The monoisotopic (exact) mass is 396 g/mol. The van der Waals surface area contributed by atoms with Crippen molar-refractivity contribution in [2.45, 2.75) is 44.9 Å². The zero-order valence-electron chi connectivity index (χ0n) is 16.4. The minimum absolute atomic E-state index is 0.0497. The summed E-state index contributed by atoms with van der Waals surface area (Å²) in [6.07, 6.45) is 8.31. The van der Waals surface area contributed by atoms with Gasteiger partial charge >= 0.3 is 0 Å². The van der Waals surface area contributed by atoms with E-state index in [1.165, 1.54) is 19.3 Å². The lowest BCUT2D eigenvalue weighted by Crippen LogP contribution is -2.53. The highest BCUT2D eigenvalue weighted by atomic mass is 32.1. The number of hydrogen-bond acceptors (Lipinski definition) is 4. The van der Waals surface area contributed by atoms with Crippen molar-refractivity contribution < 1.29 is 9.53 Å². The number of nitrogens with one attached hydrogen (secondary N) is 1. The molecule has 1 heterocycles. The van der Waals surface area contributed by atoms with Crippen LogP contribution < -0.4 is 10.1 Å². The van der Waals surface area contributed by atoms with Crippen molar-refractivity contribution in [1.29, 1.82) is 0 Å². The molecule has 1 aromatic heterocycles. The van der Waals surface area contributed by atoms with E-state index in [9.17, 15) is 4.79 Å². The van der Waals surface area contributed by atoms with Crippen LogP contribution in [0.1, 0.15) is 43.5 Å². The van der Waals surface area contributed by atoms with Gasteiger partial charge in [-0.25, -0.2) is 4.98 Å². The number of aromatic nitrogens is 1. The number of nitrogens with zero attached hydrogens (tertiary/aromatic N) is 1. The maximum atomic E-state index is 13.0. The zero-order valence-corrected chi connectivity index (χ0v) is 17.3. The van der Waals surface area contributed by atoms with Gasteiger partial charge in [-0.15, -0.1) is 11.3 Å². The van der Waals surface area contributed by atoms with E-state index in [4.69, 9.17) is 9.72 Å². The quantitative estimate of drug-likeness (QED) is 0.770. The smallest absolute Gasteiger partial charge is 0.226 e. The lowest BCUT2D eigenvalue weighted by atomic mass is 9.49. The molecule has 0 atom stereocenters. The Labute approximate surface area is 170 Å². The summed E-state index contributed by atoms with van der Waals surface area (Å²) in [6, 6.07) is 7.99. The number of methoxy groups -OCH3 is 1. The molecule has 2 aromatic rings. The Hall–Kier alpha value is -1.88. The number of thiazole rings is 1. The van der Waals surface area contributed by atoms with Crippen molar-refractivity contribution in [3.8, 4) is 17.0 Å². The Morgan fingerprint density at radius 1 is 1.14 bits per heavy atom. The predicted molar refractivity (Wildman–Crippen MR) is 111 cm³/mol. The fourth-order valence-electron chi connectivity index (χ4n) is 6.18. The second kappa shape index (κ2) is 7.18. The number of hydrogen-bond donors (Lipinski definition) is 1. The molecule has 4 bridgehead atoms. The predicted octanol–water partition coefficient (Wildman–Crippen LogP) is 4.69. The molecule has 6 rings (SSSR count). The van der Waals surface area contributed by atoms with Crippen molar-refractivity contribution in [2.75, 3.05) is 13.7 Å². The minimum Gasteiger partial charge on any atom is -0.497 e. The van der Waals surface area contributed by atoms with Gasteiger partial charge in [-0.05, 0) is 80.5 Å². The van der Waals surface area contributed by atoms with Gasteiger partial charge in [-0.1, -0.05) is 0 Å². The number of amides is 1. The van der Waals surface area contributed by atoms with Crippen LogP contribution >= 0.6 is 11.3 Å². The highest BCUT2D eigenvalue weighted by Crippen LogP contribution is 2.60. The third kappa shape index (κ3) is 3.34. The third-order valence-electron chi connectivity index (χ3n) is 7.08. The van der Waals surface area contributed by atoms with E-state index < -0.39 is 0 Å². The normalized spacial score (nSPS) is 30.4. The SMILES string of the molecule is COc1ccc(-c2csc(CCNC(=O)C34CC5CC(CC(C5)C3)C4)n2)cc1. The number of ether oxygens (including phenoxy) is 1. The average Bonchev–Trinajstić information content (AvgIpc) is 3.16. The molecule has 0 aliphatic heterocycles. The molecular weight excluding hydrogens is 368 g/mol. The van der Waals surface area contributed by atoms with Crippen LogP contribution in [0.2, 0.25) is 0 Å². The maximum Gasteiger partial charge on any atom is 0.226 e. The Kier molecular flexibility index (Phi) is 4.66. The van der Waals surface area contributed by atoms with Crippen molar-refractivity contribution in [3.63, 3.8) is 0 Å². The topological polar surface area (TPSA) is 51.2 Å². The molecule has 1 aromatic carbocycles. The highest BCUT2D eigenvalue weighted by Gasteiger charge is 2.54. The number of carbonyl (C=O) groups excluding carboxylic acids is 1. The van der Waals surface area contributed by atoms with Crippen LogP contribution in [0.4, 0.5) is 0 Å².